The second-order valence-corrected chi connectivity index (χ2v) is 11.4. The van der Waals surface area contributed by atoms with Crippen LogP contribution in [-0.2, 0) is 4.79 Å². The Labute approximate surface area is 244 Å². The van der Waals surface area contributed by atoms with Gasteiger partial charge in [-0.05, 0) is 64.5 Å². The molecule has 4 rings (SSSR count). The molecule has 1 aliphatic rings. The second-order valence-electron chi connectivity index (χ2n) is 9.90. The fourth-order valence-electron chi connectivity index (χ4n) is 4.71. The van der Waals surface area contributed by atoms with Gasteiger partial charge in [0.25, 0.3) is 5.91 Å². The minimum Gasteiger partial charge on any atom is -0.492 e. The lowest BCUT2D eigenvalue weighted by molar-refractivity contribution is -0.145. The lowest BCUT2D eigenvalue weighted by Crippen LogP contribution is -2.55. The van der Waals surface area contributed by atoms with Crippen molar-refractivity contribution in [2.24, 2.45) is 0 Å². The van der Waals surface area contributed by atoms with Crippen LogP contribution < -0.4 is 10.1 Å². The predicted molar refractivity (Wildman–Crippen MR) is 157 cm³/mol. The molecule has 2 aromatic heterocycles. The van der Waals surface area contributed by atoms with Crippen LogP contribution >= 0.6 is 35.3 Å². The maximum Gasteiger partial charge on any atom is 0.329 e. The lowest BCUT2D eigenvalue weighted by atomic mass is 9.81. The minimum absolute atomic E-state index is 0. The van der Waals surface area contributed by atoms with Gasteiger partial charge >= 0.3 is 5.97 Å². The van der Waals surface area contributed by atoms with Crippen molar-refractivity contribution in [1.82, 2.24) is 20.2 Å². The van der Waals surface area contributed by atoms with Crippen molar-refractivity contribution in [3.63, 3.8) is 0 Å². The van der Waals surface area contributed by atoms with E-state index in [0.29, 0.717) is 35.9 Å². The largest absolute Gasteiger partial charge is 0.492 e. The van der Waals surface area contributed by atoms with E-state index in [4.69, 9.17) is 21.3 Å². The van der Waals surface area contributed by atoms with Crippen LogP contribution in [0.4, 0.5) is 0 Å². The number of rotatable bonds is 10. The molecular formula is C28H34Cl2N4O4S. The second kappa shape index (κ2) is 13.6. The Hall–Kier alpha value is -2.72. The number of aliphatic carboxylic acids is 1. The number of amides is 1. The molecule has 0 unspecified atom stereocenters. The lowest BCUT2D eigenvalue weighted by Gasteiger charge is -2.33. The fraction of sp³-hybridized carbons (Fsp3) is 0.429. The number of pyridine rings is 1. The zero-order chi connectivity index (χ0) is 27.3. The number of hydrogen-bond donors (Lipinski definition) is 2. The number of carbonyl (C=O) groups is 2. The molecule has 11 heteroatoms. The highest BCUT2D eigenvalue weighted by Crippen LogP contribution is 2.37. The van der Waals surface area contributed by atoms with Crippen LogP contribution in [0.3, 0.4) is 0 Å². The number of carboxylic acids is 1. The number of halogens is 2. The maximum absolute atomic E-state index is 13.3. The van der Waals surface area contributed by atoms with Gasteiger partial charge in [-0.15, -0.1) is 23.7 Å². The van der Waals surface area contributed by atoms with Gasteiger partial charge in [0.05, 0.1) is 28.5 Å². The molecule has 1 aromatic carbocycles. The summed E-state index contributed by atoms with van der Waals surface area (Å²) in [7, 11) is 4.02. The van der Waals surface area contributed by atoms with Crippen LogP contribution in [0.15, 0.2) is 35.8 Å². The minimum atomic E-state index is -1.27. The van der Waals surface area contributed by atoms with E-state index in [2.05, 4.69) is 15.2 Å². The van der Waals surface area contributed by atoms with Crippen LogP contribution in [-0.4, -0.2) is 64.6 Å². The van der Waals surface area contributed by atoms with Gasteiger partial charge in [0.1, 0.15) is 17.0 Å². The van der Waals surface area contributed by atoms with Crippen molar-refractivity contribution in [2.75, 3.05) is 27.2 Å². The average Bonchev–Trinajstić information content (AvgIpc) is 3.33. The Morgan fingerprint density at radius 3 is 2.54 bits per heavy atom. The van der Waals surface area contributed by atoms with E-state index in [1.54, 1.807) is 17.6 Å². The number of carboxylic acid groups (broad SMARTS) is 1. The number of ether oxygens (including phenoxy) is 1. The Kier molecular flexibility index (Phi) is 10.7. The van der Waals surface area contributed by atoms with Gasteiger partial charge in [-0.25, -0.2) is 14.8 Å². The van der Waals surface area contributed by atoms with E-state index in [9.17, 15) is 14.7 Å². The summed E-state index contributed by atoms with van der Waals surface area (Å²) in [5, 5.41) is 13.2. The Morgan fingerprint density at radius 1 is 1.15 bits per heavy atom. The number of carbonyl (C=O) groups excluding carboxylic acids is 1. The summed E-state index contributed by atoms with van der Waals surface area (Å²) in [5.41, 5.74) is 3.47. The first-order valence-corrected chi connectivity index (χ1v) is 14.0. The molecule has 0 bridgehead atoms. The topological polar surface area (TPSA) is 105 Å². The van der Waals surface area contributed by atoms with Gasteiger partial charge in [0.2, 0.25) is 0 Å². The highest BCUT2D eigenvalue weighted by atomic mass is 35.5. The van der Waals surface area contributed by atoms with Crippen molar-refractivity contribution in [1.29, 1.82) is 0 Å². The molecule has 0 atom stereocenters. The van der Waals surface area contributed by atoms with Crippen molar-refractivity contribution in [3.8, 4) is 28.3 Å². The summed E-state index contributed by atoms with van der Waals surface area (Å²) in [6, 6.07) is 8.86. The maximum atomic E-state index is 13.3. The number of hydrogen-bond acceptors (Lipinski definition) is 7. The summed E-state index contributed by atoms with van der Waals surface area (Å²) in [5.74, 6) is -0.979. The summed E-state index contributed by atoms with van der Waals surface area (Å²) < 4.78 is 5.98. The predicted octanol–water partition coefficient (Wildman–Crippen LogP) is 6.10. The number of nitrogens with zero attached hydrogens (tertiary/aromatic N) is 3. The van der Waals surface area contributed by atoms with E-state index in [-0.39, 0.29) is 18.1 Å². The van der Waals surface area contributed by atoms with Gasteiger partial charge < -0.3 is 20.1 Å². The summed E-state index contributed by atoms with van der Waals surface area (Å²) in [6.07, 6.45) is 4.14. The molecule has 0 radical (unpaired) electrons. The number of thiazole rings is 1. The normalized spacial score (nSPS) is 14.5. The molecule has 0 aliphatic heterocycles. The number of benzene rings is 1. The van der Waals surface area contributed by atoms with Crippen molar-refractivity contribution in [2.45, 2.75) is 51.0 Å². The standard InChI is InChI=1S/C28H33ClN4O4S.ClH/c1-18-24(30-17-38-18)20-9-11-22(26(34)32-28(27(35)36)12-5-4-6-13-28)31-25(20)19-8-10-21(29)23(16-19)37-15-7-14-33(2)3;/h8-11,16-17H,4-7,12-15H2,1-3H3,(H,32,34)(H,35,36);1H. The molecule has 1 amide bonds. The molecular weight excluding hydrogens is 559 g/mol. The first-order valence-electron chi connectivity index (χ1n) is 12.7. The summed E-state index contributed by atoms with van der Waals surface area (Å²) in [6.45, 7) is 3.38. The van der Waals surface area contributed by atoms with Gasteiger partial charge in [-0.3, -0.25) is 4.79 Å². The molecule has 0 spiro atoms. The van der Waals surface area contributed by atoms with Crippen molar-refractivity contribution in [3.05, 3.63) is 51.4 Å². The van der Waals surface area contributed by atoms with Gasteiger partial charge in [0.15, 0.2) is 0 Å². The molecule has 8 nitrogen and oxygen atoms in total. The van der Waals surface area contributed by atoms with E-state index in [1.807, 2.05) is 39.2 Å². The highest BCUT2D eigenvalue weighted by Gasteiger charge is 2.41. The van der Waals surface area contributed by atoms with E-state index < -0.39 is 17.4 Å². The number of nitrogens with one attached hydrogen (secondary N) is 1. The summed E-state index contributed by atoms with van der Waals surface area (Å²) in [4.78, 5) is 37.8. The van der Waals surface area contributed by atoms with E-state index in [0.717, 1.165) is 53.9 Å². The number of aromatic nitrogens is 2. The van der Waals surface area contributed by atoms with Gasteiger partial charge in [-0.2, -0.15) is 0 Å². The van der Waals surface area contributed by atoms with Crippen LogP contribution in [0.2, 0.25) is 5.02 Å². The molecule has 0 saturated heterocycles. The SMILES string of the molecule is Cc1scnc1-c1ccc(C(=O)NC2(C(=O)O)CCCCC2)nc1-c1ccc(Cl)c(OCCCN(C)C)c1.Cl. The first kappa shape index (κ1) is 30.8. The molecule has 39 heavy (non-hydrogen) atoms. The van der Waals surface area contributed by atoms with Crippen LogP contribution in [0.5, 0.6) is 5.75 Å². The zero-order valence-corrected chi connectivity index (χ0v) is 24.7. The zero-order valence-electron chi connectivity index (χ0n) is 22.3. The third-order valence-electron chi connectivity index (χ3n) is 6.81. The summed E-state index contributed by atoms with van der Waals surface area (Å²) >= 11 is 7.97. The van der Waals surface area contributed by atoms with Gasteiger partial charge in [-0.1, -0.05) is 36.9 Å². The molecule has 1 aliphatic carbocycles. The quantitative estimate of drug-likeness (QED) is 0.274. The number of aryl methyl sites for hydroxylation is 1. The van der Waals surface area contributed by atoms with Crippen molar-refractivity contribution >= 4 is 47.2 Å². The average molecular weight is 594 g/mol. The Bertz CT molecular complexity index is 1310. The van der Waals surface area contributed by atoms with E-state index >= 15 is 0 Å². The molecule has 1 fully saturated rings. The monoisotopic (exact) mass is 592 g/mol. The van der Waals surface area contributed by atoms with Crippen molar-refractivity contribution < 1.29 is 19.4 Å². The third kappa shape index (κ3) is 7.28. The Balaban J connectivity index is 0.00000420. The van der Waals surface area contributed by atoms with Crippen LogP contribution in [0, 0.1) is 6.92 Å². The first-order chi connectivity index (χ1) is 18.2. The van der Waals surface area contributed by atoms with E-state index in [1.165, 1.54) is 11.3 Å². The third-order valence-corrected chi connectivity index (χ3v) is 7.88. The fourth-order valence-corrected chi connectivity index (χ4v) is 5.48. The molecule has 3 aromatic rings. The molecule has 2 N–H and O–H groups in total. The van der Waals surface area contributed by atoms with Crippen LogP contribution in [0.1, 0.15) is 53.9 Å². The molecule has 1 saturated carbocycles. The highest BCUT2D eigenvalue weighted by molar-refractivity contribution is 7.10. The van der Waals surface area contributed by atoms with Gasteiger partial charge in [0, 0.05) is 22.5 Å². The molecule has 210 valence electrons. The molecule has 2 heterocycles. The Morgan fingerprint density at radius 2 is 1.90 bits per heavy atom. The van der Waals surface area contributed by atoms with Crippen LogP contribution in [0.25, 0.3) is 22.5 Å². The smallest absolute Gasteiger partial charge is 0.329 e.